The number of aromatic nitrogens is 4. The molecule has 5 rings (SSSR count). The first kappa shape index (κ1) is 21.2. The summed E-state index contributed by atoms with van der Waals surface area (Å²) in [6.45, 7) is 3.32. The van der Waals surface area contributed by atoms with Crippen LogP contribution in [0.1, 0.15) is 35.3 Å². The molecule has 2 N–H and O–H groups in total. The number of carbonyl (C=O) groups is 1. The van der Waals surface area contributed by atoms with Gasteiger partial charge in [-0.25, -0.2) is 4.98 Å². The summed E-state index contributed by atoms with van der Waals surface area (Å²) in [6.07, 6.45) is 10.3. The predicted molar refractivity (Wildman–Crippen MR) is 130 cm³/mol. The van der Waals surface area contributed by atoms with Crippen molar-refractivity contribution in [1.29, 1.82) is 0 Å². The van der Waals surface area contributed by atoms with Gasteiger partial charge in [-0.15, -0.1) is 0 Å². The predicted octanol–water partition coefficient (Wildman–Crippen LogP) is 4.54. The Hall–Kier alpha value is -3.71. The molecular weight excluding hydrogens is 412 g/mol. The number of aromatic amines is 1. The number of hydrogen-bond acceptors (Lipinski definition) is 4. The van der Waals surface area contributed by atoms with Crippen LogP contribution in [-0.2, 0) is 6.42 Å². The molecule has 168 valence electrons. The van der Waals surface area contributed by atoms with E-state index in [-0.39, 0.29) is 5.91 Å². The summed E-state index contributed by atoms with van der Waals surface area (Å²) in [6, 6.07) is 17.5. The number of amides is 1. The van der Waals surface area contributed by atoms with Crippen molar-refractivity contribution in [3.8, 4) is 16.8 Å². The Labute approximate surface area is 193 Å². The molecule has 2 aromatic carbocycles. The highest BCUT2D eigenvalue weighted by Crippen LogP contribution is 2.21. The van der Waals surface area contributed by atoms with Crippen molar-refractivity contribution in [3.63, 3.8) is 0 Å². The zero-order valence-corrected chi connectivity index (χ0v) is 18.6. The monoisotopic (exact) mass is 440 g/mol. The first-order valence-electron chi connectivity index (χ1n) is 11.5. The minimum atomic E-state index is -0.189. The van der Waals surface area contributed by atoms with Crippen molar-refractivity contribution >= 4 is 11.9 Å². The fraction of sp³-hybridized carbons (Fsp3) is 0.269. The summed E-state index contributed by atoms with van der Waals surface area (Å²) in [7, 11) is 0. The average Bonchev–Trinajstić information content (AvgIpc) is 3.55. The van der Waals surface area contributed by atoms with Crippen LogP contribution in [0.15, 0.2) is 73.2 Å². The van der Waals surface area contributed by atoms with Crippen molar-refractivity contribution < 1.29 is 4.79 Å². The zero-order valence-electron chi connectivity index (χ0n) is 18.6. The van der Waals surface area contributed by atoms with Crippen LogP contribution in [0.5, 0.6) is 0 Å². The molecule has 1 fully saturated rings. The van der Waals surface area contributed by atoms with Gasteiger partial charge in [0, 0.05) is 42.2 Å². The number of likely N-dealkylation sites (tertiary alicyclic amines) is 1. The number of para-hydroxylation sites is 1. The van der Waals surface area contributed by atoms with Gasteiger partial charge in [-0.05, 0) is 55.8 Å². The van der Waals surface area contributed by atoms with Crippen molar-refractivity contribution in [2.45, 2.75) is 25.7 Å². The summed E-state index contributed by atoms with van der Waals surface area (Å²) < 4.78 is 1.96. The largest absolute Gasteiger partial charge is 0.303 e. The first-order chi connectivity index (χ1) is 16.3. The number of piperidine rings is 1. The zero-order chi connectivity index (χ0) is 22.5. The molecule has 0 aliphatic carbocycles. The van der Waals surface area contributed by atoms with Crippen LogP contribution in [0, 0.1) is 0 Å². The third-order valence-corrected chi connectivity index (χ3v) is 6.10. The van der Waals surface area contributed by atoms with Crippen LogP contribution >= 0.6 is 0 Å². The molecule has 0 unspecified atom stereocenters. The van der Waals surface area contributed by atoms with Crippen LogP contribution in [0.4, 0.5) is 5.95 Å². The number of benzene rings is 2. The van der Waals surface area contributed by atoms with Gasteiger partial charge >= 0.3 is 0 Å². The van der Waals surface area contributed by atoms with Gasteiger partial charge in [0.2, 0.25) is 5.95 Å². The highest BCUT2D eigenvalue weighted by atomic mass is 16.1. The van der Waals surface area contributed by atoms with Crippen molar-refractivity contribution in [3.05, 3.63) is 84.4 Å². The second-order valence-corrected chi connectivity index (χ2v) is 8.44. The molecule has 0 bridgehead atoms. The molecule has 2 aromatic heterocycles. The first-order valence-corrected chi connectivity index (χ1v) is 11.5. The molecule has 0 spiro atoms. The van der Waals surface area contributed by atoms with Gasteiger partial charge < -0.3 is 4.90 Å². The third kappa shape index (κ3) is 5.04. The number of imidazole rings is 1. The molecule has 4 aromatic rings. The Morgan fingerprint density at radius 3 is 2.64 bits per heavy atom. The number of nitrogens with one attached hydrogen (secondary N) is 2. The summed E-state index contributed by atoms with van der Waals surface area (Å²) in [5.74, 6) is 0.347. The second-order valence-electron chi connectivity index (χ2n) is 8.44. The molecular formula is C26H28N6O. The second kappa shape index (κ2) is 9.83. The Balaban J connectivity index is 1.37. The summed E-state index contributed by atoms with van der Waals surface area (Å²) in [5, 5.41) is 9.84. The van der Waals surface area contributed by atoms with Gasteiger partial charge in [-0.3, -0.25) is 19.8 Å². The SMILES string of the molecule is O=C(Nc1nc(CCN2CCCCC2)cn1-c1ccccc1)c1cccc(-c2cn[nH]c2)c1. The lowest BCUT2D eigenvalue weighted by Crippen LogP contribution is -2.31. The molecule has 0 radical (unpaired) electrons. The van der Waals surface area contributed by atoms with E-state index in [2.05, 4.69) is 20.4 Å². The van der Waals surface area contributed by atoms with Gasteiger partial charge in [0.1, 0.15) is 0 Å². The molecule has 33 heavy (non-hydrogen) atoms. The van der Waals surface area contributed by atoms with E-state index in [1.165, 1.54) is 19.3 Å². The van der Waals surface area contributed by atoms with Crippen molar-refractivity contribution in [1.82, 2.24) is 24.6 Å². The minimum Gasteiger partial charge on any atom is -0.303 e. The molecule has 1 aliphatic rings. The maximum atomic E-state index is 13.1. The van der Waals surface area contributed by atoms with E-state index in [0.29, 0.717) is 11.5 Å². The van der Waals surface area contributed by atoms with E-state index in [4.69, 9.17) is 4.98 Å². The molecule has 7 heteroatoms. The fourth-order valence-corrected chi connectivity index (χ4v) is 4.30. The topological polar surface area (TPSA) is 78.8 Å². The quantitative estimate of drug-likeness (QED) is 0.442. The maximum absolute atomic E-state index is 13.1. The number of nitrogens with zero attached hydrogens (tertiary/aromatic N) is 4. The smallest absolute Gasteiger partial charge is 0.258 e. The van der Waals surface area contributed by atoms with Crippen LogP contribution in [0.3, 0.4) is 0 Å². The van der Waals surface area contributed by atoms with Crippen LogP contribution < -0.4 is 5.32 Å². The number of rotatable bonds is 7. The standard InChI is InChI=1S/C26H28N6O/c33-25(21-9-7-8-20(16-21)22-17-27-28-18-22)30-26-29-23(12-15-31-13-5-2-6-14-31)19-32(26)24-10-3-1-4-11-24/h1,3-4,7-11,16-19H,2,5-6,12-15H2,(H,27,28)(H,29,30,33). The minimum absolute atomic E-state index is 0.189. The van der Waals surface area contributed by atoms with E-state index in [9.17, 15) is 4.79 Å². The highest BCUT2D eigenvalue weighted by molar-refractivity contribution is 6.04. The van der Waals surface area contributed by atoms with Crippen LogP contribution in [0.25, 0.3) is 16.8 Å². The fourth-order valence-electron chi connectivity index (χ4n) is 4.30. The molecule has 3 heterocycles. The van der Waals surface area contributed by atoms with Gasteiger partial charge in [0.25, 0.3) is 5.91 Å². The lowest BCUT2D eigenvalue weighted by Gasteiger charge is -2.25. The Kier molecular flexibility index (Phi) is 6.30. The van der Waals surface area contributed by atoms with E-state index in [1.807, 2.05) is 71.6 Å². The third-order valence-electron chi connectivity index (χ3n) is 6.10. The molecule has 0 atom stereocenters. The van der Waals surface area contributed by atoms with Crippen LogP contribution in [0.2, 0.25) is 0 Å². The Morgan fingerprint density at radius 2 is 1.85 bits per heavy atom. The van der Waals surface area contributed by atoms with Crippen LogP contribution in [-0.4, -0.2) is 50.2 Å². The van der Waals surface area contributed by atoms with Crippen molar-refractivity contribution in [2.24, 2.45) is 0 Å². The number of carbonyl (C=O) groups excluding carboxylic acids is 1. The van der Waals surface area contributed by atoms with Gasteiger partial charge in [0.15, 0.2) is 0 Å². The Bertz CT molecular complexity index is 1190. The Morgan fingerprint density at radius 1 is 1.00 bits per heavy atom. The summed E-state index contributed by atoms with van der Waals surface area (Å²) in [4.78, 5) is 20.4. The van der Waals surface area contributed by atoms with E-state index in [1.54, 1.807) is 6.20 Å². The van der Waals surface area contributed by atoms with E-state index < -0.39 is 0 Å². The molecule has 1 saturated heterocycles. The lowest BCUT2D eigenvalue weighted by atomic mass is 10.1. The molecule has 1 amide bonds. The van der Waals surface area contributed by atoms with E-state index in [0.717, 1.165) is 48.6 Å². The number of anilines is 1. The lowest BCUT2D eigenvalue weighted by molar-refractivity contribution is 0.102. The van der Waals surface area contributed by atoms with E-state index >= 15 is 0 Å². The van der Waals surface area contributed by atoms with Gasteiger partial charge in [0.05, 0.1) is 11.9 Å². The average molecular weight is 441 g/mol. The maximum Gasteiger partial charge on any atom is 0.258 e. The van der Waals surface area contributed by atoms with Gasteiger partial charge in [-0.1, -0.05) is 36.8 Å². The molecule has 7 nitrogen and oxygen atoms in total. The van der Waals surface area contributed by atoms with Gasteiger partial charge in [-0.2, -0.15) is 5.10 Å². The summed E-state index contributed by atoms with van der Waals surface area (Å²) in [5.41, 5.74) is 4.40. The number of H-pyrrole nitrogens is 1. The summed E-state index contributed by atoms with van der Waals surface area (Å²) >= 11 is 0. The molecule has 0 saturated carbocycles. The molecule has 1 aliphatic heterocycles. The number of hydrogen-bond donors (Lipinski definition) is 2. The highest BCUT2D eigenvalue weighted by Gasteiger charge is 2.16. The van der Waals surface area contributed by atoms with Crippen molar-refractivity contribution in [2.75, 3.05) is 25.0 Å². The normalized spacial score (nSPS) is 14.3.